The van der Waals surface area contributed by atoms with Crippen molar-refractivity contribution in [2.24, 2.45) is 0 Å². The van der Waals surface area contributed by atoms with Crippen LogP contribution < -0.4 is 10.2 Å². The summed E-state index contributed by atoms with van der Waals surface area (Å²) in [6, 6.07) is 6.35. The van der Waals surface area contributed by atoms with Crippen molar-refractivity contribution in [2.75, 3.05) is 39.3 Å². The van der Waals surface area contributed by atoms with Gasteiger partial charge in [-0.25, -0.2) is 8.42 Å². The first-order valence-corrected chi connectivity index (χ1v) is 11.7. The molecule has 0 aromatic heterocycles. The summed E-state index contributed by atoms with van der Waals surface area (Å²) in [6.07, 6.45) is 7.61. The number of quaternary nitrogens is 1. The molecule has 0 spiro atoms. The van der Waals surface area contributed by atoms with Crippen molar-refractivity contribution in [2.45, 2.75) is 49.8 Å². The molecule has 150 valence electrons. The maximum absolute atomic E-state index is 12.8. The molecule has 2 aliphatic rings. The van der Waals surface area contributed by atoms with Gasteiger partial charge in [-0.2, -0.15) is 4.31 Å². The standard InChI is InChI=1S/C20H31N3O3S/c24-20(21-12-7-15-22-13-5-6-14-22)18-8-10-19(11-9-18)27(25,26)23-16-3-1-2-4-17-23/h8-11H,1-7,12-17H2,(H,21,24)/p+1. The predicted molar refractivity (Wildman–Crippen MR) is 105 cm³/mol. The zero-order chi connectivity index (χ0) is 19.1. The number of likely N-dealkylation sites (tertiary alicyclic amines) is 1. The molecule has 3 rings (SSSR count). The number of nitrogens with zero attached hydrogens (tertiary/aromatic N) is 1. The zero-order valence-corrected chi connectivity index (χ0v) is 16.9. The Bertz CT molecular complexity index is 704. The Morgan fingerprint density at radius 1 is 0.963 bits per heavy atom. The maximum Gasteiger partial charge on any atom is 0.251 e. The fourth-order valence-electron chi connectivity index (χ4n) is 3.98. The first-order valence-electron chi connectivity index (χ1n) is 10.3. The lowest BCUT2D eigenvalue weighted by Crippen LogP contribution is -3.10. The summed E-state index contributed by atoms with van der Waals surface area (Å²) in [5.41, 5.74) is 0.512. The van der Waals surface area contributed by atoms with Crippen LogP contribution in [0.25, 0.3) is 0 Å². The zero-order valence-electron chi connectivity index (χ0n) is 16.1. The summed E-state index contributed by atoms with van der Waals surface area (Å²) in [5.74, 6) is -0.134. The van der Waals surface area contributed by atoms with Crippen LogP contribution in [0.2, 0.25) is 0 Å². The van der Waals surface area contributed by atoms with Crippen LogP contribution in [-0.2, 0) is 10.0 Å². The molecule has 2 N–H and O–H groups in total. The molecule has 2 saturated heterocycles. The number of carbonyl (C=O) groups is 1. The van der Waals surface area contributed by atoms with Crippen molar-refractivity contribution in [1.82, 2.24) is 9.62 Å². The lowest BCUT2D eigenvalue weighted by molar-refractivity contribution is -0.887. The monoisotopic (exact) mass is 394 g/mol. The van der Waals surface area contributed by atoms with E-state index in [0.29, 0.717) is 25.2 Å². The van der Waals surface area contributed by atoms with E-state index in [4.69, 9.17) is 0 Å². The minimum absolute atomic E-state index is 0.134. The third kappa shape index (κ3) is 5.53. The normalized spacial score (nSPS) is 19.7. The van der Waals surface area contributed by atoms with Gasteiger partial charge in [-0.15, -0.1) is 0 Å². The van der Waals surface area contributed by atoms with Gasteiger partial charge in [0.1, 0.15) is 0 Å². The number of amides is 1. The molecule has 6 nitrogen and oxygen atoms in total. The summed E-state index contributed by atoms with van der Waals surface area (Å²) in [7, 11) is -3.46. The van der Waals surface area contributed by atoms with Crippen molar-refractivity contribution in [3.8, 4) is 0 Å². The molecular weight excluding hydrogens is 362 g/mol. The number of benzene rings is 1. The van der Waals surface area contributed by atoms with Crippen molar-refractivity contribution in [3.05, 3.63) is 29.8 Å². The first-order chi connectivity index (χ1) is 13.1. The summed E-state index contributed by atoms with van der Waals surface area (Å²) in [4.78, 5) is 14.2. The highest BCUT2D eigenvalue weighted by molar-refractivity contribution is 7.89. The summed E-state index contributed by atoms with van der Waals surface area (Å²) in [6.45, 7) is 5.44. The van der Waals surface area contributed by atoms with E-state index >= 15 is 0 Å². The number of hydrogen-bond acceptors (Lipinski definition) is 3. The maximum atomic E-state index is 12.8. The fourth-order valence-corrected chi connectivity index (χ4v) is 5.49. The van der Waals surface area contributed by atoms with Crippen LogP contribution in [0.5, 0.6) is 0 Å². The Labute approximate surface area is 163 Å². The molecular formula is C20H32N3O3S+. The lowest BCUT2D eigenvalue weighted by Gasteiger charge is -2.20. The van der Waals surface area contributed by atoms with Gasteiger partial charge >= 0.3 is 0 Å². The van der Waals surface area contributed by atoms with E-state index in [-0.39, 0.29) is 10.8 Å². The minimum atomic E-state index is -3.46. The molecule has 27 heavy (non-hydrogen) atoms. The van der Waals surface area contributed by atoms with E-state index in [9.17, 15) is 13.2 Å². The van der Waals surface area contributed by atoms with Gasteiger partial charge in [-0.3, -0.25) is 4.79 Å². The molecule has 0 saturated carbocycles. The SMILES string of the molecule is O=C(NCCC[NH+]1CCCC1)c1ccc(S(=O)(=O)N2CCCCCC2)cc1. The second-order valence-corrected chi connectivity index (χ2v) is 9.60. The number of nitrogens with one attached hydrogen (secondary N) is 2. The number of hydrogen-bond donors (Lipinski definition) is 2. The molecule has 0 atom stereocenters. The van der Waals surface area contributed by atoms with Gasteiger partial charge < -0.3 is 10.2 Å². The van der Waals surface area contributed by atoms with Crippen molar-refractivity contribution >= 4 is 15.9 Å². The largest absolute Gasteiger partial charge is 0.352 e. The van der Waals surface area contributed by atoms with Crippen LogP contribution in [0.4, 0.5) is 0 Å². The second kappa shape index (κ2) is 9.66. The van der Waals surface area contributed by atoms with Gasteiger partial charge in [0.15, 0.2) is 0 Å². The summed E-state index contributed by atoms with van der Waals surface area (Å²) < 4.78 is 27.1. The third-order valence-electron chi connectivity index (χ3n) is 5.62. The van der Waals surface area contributed by atoms with E-state index in [1.54, 1.807) is 33.5 Å². The van der Waals surface area contributed by atoms with Crippen LogP contribution in [0, 0.1) is 0 Å². The van der Waals surface area contributed by atoms with Crippen molar-refractivity contribution < 1.29 is 18.1 Å². The smallest absolute Gasteiger partial charge is 0.251 e. The summed E-state index contributed by atoms with van der Waals surface area (Å²) >= 11 is 0. The van der Waals surface area contributed by atoms with Crippen LogP contribution in [0.1, 0.15) is 55.3 Å². The molecule has 0 unspecified atom stereocenters. The molecule has 1 aromatic rings. The quantitative estimate of drug-likeness (QED) is 0.679. The van der Waals surface area contributed by atoms with E-state index in [2.05, 4.69) is 5.32 Å². The highest BCUT2D eigenvalue weighted by Gasteiger charge is 2.25. The Balaban J connectivity index is 1.51. The number of sulfonamides is 1. The van der Waals surface area contributed by atoms with Crippen molar-refractivity contribution in [3.63, 3.8) is 0 Å². The highest BCUT2D eigenvalue weighted by atomic mass is 32.2. The Hall–Kier alpha value is -1.44. The summed E-state index contributed by atoms with van der Waals surface area (Å²) in [5, 5.41) is 2.94. The molecule has 2 heterocycles. The van der Waals surface area contributed by atoms with Crippen LogP contribution in [0.3, 0.4) is 0 Å². The van der Waals surface area contributed by atoms with Gasteiger partial charge in [-0.1, -0.05) is 12.8 Å². The average Bonchev–Trinajstić information content (AvgIpc) is 3.04. The average molecular weight is 395 g/mol. The minimum Gasteiger partial charge on any atom is -0.352 e. The van der Waals surface area contributed by atoms with Gasteiger partial charge in [0.25, 0.3) is 5.91 Å². The highest BCUT2D eigenvalue weighted by Crippen LogP contribution is 2.20. The molecule has 2 aliphatic heterocycles. The Morgan fingerprint density at radius 3 is 2.22 bits per heavy atom. The van der Waals surface area contributed by atoms with E-state index in [1.165, 1.54) is 25.9 Å². The van der Waals surface area contributed by atoms with Crippen molar-refractivity contribution in [1.29, 1.82) is 0 Å². The Morgan fingerprint density at radius 2 is 1.59 bits per heavy atom. The predicted octanol–water partition coefficient (Wildman–Crippen LogP) is 1.05. The van der Waals surface area contributed by atoms with Gasteiger partial charge in [0.2, 0.25) is 10.0 Å². The van der Waals surface area contributed by atoms with Crippen LogP contribution >= 0.6 is 0 Å². The molecule has 0 radical (unpaired) electrons. The Kier molecular flexibility index (Phi) is 7.26. The van der Waals surface area contributed by atoms with Gasteiger partial charge in [-0.05, 0) is 37.1 Å². The molecule has 1 aromatic carbocycles. The molecule has 1 amide bonds. The van der Waals surface area contributed by atoms with E-state index in [1.807, 2.05) is 0 Å². The third-order valence-corrected chi connectivity index (χ3v) is 7.54. The molecule has 7 heteroatoms. The van der Waals surface area contributed by atoms with Crippen LogP contribution in [-0.4, -0.2) is 57.9 Å². The molecule has 0 bridgehead atoms. The number of rotatable bonds is 7. The van der Waals surface area contributed by atoms with Gasteiger partial charge in [0, 0.05) is 44.5 Å². The van der Waals surface area contributed by atoms with Gasteiger partial charge in [0.05, 0.1) is 24.5 Å². The fraction of sp³-hybridized carbons (Fsp3) is 0.650. The lowest BCUT2D eigenvalue weighted by atomic mass is 10.2. The van der Waals surface area contributed by atoms with E-state index in [0.717, 1.165) is 38.6 Å². The topological polar surface area (TPSA) is 70.9 Å². The van der Waals surface area contributed by atoms with E-state index < -0.39 is 10.0 Å². The molecule has 2 fully saturated rings. The number of carbonyl (C=O) groups excluding carboxylic acids is 1. The first kappa shape index (κ1) is 20.3. The van der Waals surface area contributed by atoms with Crippen LogP contribution in [0.15, 0.2) is 29.2 Å². The molecule has 0 aliphatic carbocycles. The second-order valence-electron chi connectivity index (χ2n) is 7.66.